The molecular formula is C17H22N2O3S. The Balaban J connectivity index is 1.66. The molecule has 0 spiro atoms. The highest BCUT2D eigenvalue weighted by molar-refractivity contribution is 7.99. The minimum absolute atomic E-state index is 0.0475. The van der Waals surface area contributed by atoms with Gasteiger partial charge in [0.25, 0.3) is 5.69 Å². The molecule has 0 saturated heterocycles. The number of nitrogens with one attached hydrogen (secondary N) is 1. The van der Waals surface area contributed by atoms with Crippen molar-refractivity contribution in [3.8, 4) is 0 Å². The second kappa shape index (κ2) is 9.35. The third-order valence-electron chi connectivity index (χ3n) is 3.84. The third kappa shape index (κ3) is 6.44. The molecule has 1 N–H and O–H groups in total. The van der Waals surface area contributed by atoms with Crippen LogP contribution in [0.25, 0.3) is 6.08 Å². The Labute approximate surface area is 140 Å². The summed E-state index contributed by atoms with van der Waals surface area (Å²) < 4.78 is 0. The standard InChI is InChI=1S/C17H22N2O3S/c20-17(18-12-13-23-16-4-2-1-3-5-16)11-8-14-6-9-15(10-7-14)19(21)22/h6-11,16H,1-5,12-13H2,(H,18,20). The van der Waals surface area contributed by atoms with Crippen LogP contribution in [0.3, 0.4) is 0 Å². The number of nitro groups is 1. The Morgan fingerprint density at radius 3 is 2.61 bits per heavy atom. The summed E-state index contributed by atoms with van der Waals surface area (Å²) in [6.45, 7) is 0.671. The predicted octanol–water partition coefficient (Wildman–Crippen LogP) is 3.79. The summed E-state index contributed by atoms with van der Waals surface area (Å²) in [5.74, 6) is 0.814. The van der Waals surface area contributed by atoms with Crippen molar-refractivity contribution < 1.29 is 9.72 Å². The van der Waals surface area contributed by atoms with E-state index in [1.54, 1.807) is 18.2 Å². The monoisotopic (exact) mass is 334 g/mol. The highest BCUT2D eigenvalue weighted by atomic mass is 32.2. The summed E-state index contributed by atoms with van der Waals surface area (Å²) in [7, 11) is 0. The molecule has 0 aromatic heterocycles. The van der Waals surface area contributed by atoms with Crippen molar-refractivity contribution in [3.63, 3.8) is 0 Å². The number of amides is 1. The lowest BCUT2D eigenvalue weighted by Gasteiger charge is -2.20. The Bertz CT molecular complexity index is 551. The van der Waals surface area contributed by atoms with Gasteiger partial charge in [-0.1, -0.05) is 19.3 Å². The molecule has 0 unspecified atom stereocenters. The molecule has 124 valence electrons. The largest absolute Gasteiger partial charge is 0.352 e. The number of benzene rings is 1. The van der Waals surface area contributed by atoms with Crippen LogP contribution in [0.2, 0.25) is 0 Å². The number of carbonyl (C=O) groups is 1. The zero-order valence-corrected chi connectivity index (χ0v) is 13.9. The van der Waals surface area contributed by atoms with E-state index in [0.717, 1.165) is 16.6 Å². The molecule has 23 heavy (non-hydrogen) atoms. The number of nitrogens with zero attached hydrogens (tertiary/aromatic N) is 1. The topological polar surface area (TPSA) is 72.2 Å². The maximum atomic E-state index is 11.7. The van der Waals surface area contributed by atoms with Gasteiger partial charge in [0.2, 0.25) is 5.91 Å². The molecule has 0 atom stereocenters. The molecule has 1 amide bonds. The minimum atomic E-state index is -0.440. The average Bonchev–Trinajstić information content (AvgIpc) is 2.58. The fourth-order valence-corrected chi connectivity index (χ4v) is 3.79. The van der Waals surface area contributed by atoms with E-state index < -0.39 is 4.92 Å². The normalized spacial score (nSPS) is 15.7. The second-order valence-electron chi connectivity index (χ2n) is 5.60. The van der Waals surface area contributed by atoms with E-state index in [-0.39, 0.29) is 11.6 Å². The van der Waals surface area contributed by atoms with Crippen LogP contribution in [-0.2, 0) is 4.79 Å². The van der Waals surface area contributed by atoms with Gasteiger partial charge in [0.15, 0.2) is 0 Å². The second-order valence-corrected chi connectivity index (χ2v) is 7.01. The molecule has 2 rings (SSSR count). The van der Waals surface area contributed by atoms with E-state index in [1.165, 1.54) is 50.3 Å². The first-order valence-corrected chi connectivity index (χ1v) is 9.02. The SMILES string of the molecule is O=C(C=Cc1ccc([N+](=O)[O-])cc1)NCCSC1CCCCC1. The summed E-state index contributed by atoms with van der Waals surface area (Å²) >= 11 is 1.96. The van der Waals surface area contributed by atoms with Crippen molar-refractivity contribution >= 4 is 29.4 Å². The van der Waals surface area contributed by atoms with Crippen molar-refractivity contribution in [2.24, 2.45) is 0 Å². The van der Waals surface area contributed by atoms with E-state index in [9.17, 15) is 14.9 Å². The number of non-ortho nitro benzene ring substituents is 1. The molecule has 1 aliphatic carbocycles. The van der Waals surface area contributed by atoms with Gasteiger partial charge in [0, 0.05) is 35.8 Å². The lowest BCUT2D eigenvalue weighted by atomic mass is 10.0. The highest BCUT2D eigenvalue weighted by Gasteiger charge is 2.13. The Morgan fingerprint density at radius 2 is 1.96 bits per heavy atom. The molecule has 0 bridgehead atoms. The van der Waals surface area contributed by atoms with Gasteiger partial charge >= 0.3 is 0 Å². The number of thioether (sulfide) groups is 1. The molecule has 0 heterocycles. The minimum Gasteiger partial charge on any atom is -0.352 e. The number of carbonyl (C=O) groups excluding carboxylic acids is 1. The van der Waals surface area contributed by atoms with Crippen LogP contribution < -0.4 is 5.32 Å². The maximum Gasteiger partial charge on any atom is 0.269 e. The molecule has 0 aliphatic heterocycles. The summed E-state index contributed by atoms with van der Waals surface area (Å²) in [4.78, 5) is 21.8. The average molecular weight is 334 g/mol. The lowest BCUT2D eigenvalue weighted by molar-refractivity contribution is -0.384. The van der Waals surface area contributed by atoms with Crippen LogP contribution in [0.4, 0.5) is 5.69 Å². The summed E-state index contributed by atoms with van der Waals surface area (Å²) in [5, 5.41) is 14.2. The van der Waals surface area contributed by atoms with Crippen molar-refractivity contribution in [2.75, 3.05) is 12.3 Å². The maximum absolute atomic E-state index is 11.7. The van der Waals surface area contributed by atoms with E-state index in [4.69, 9.17) is 0 Å². The van der Waals surface area contributed by atoms with E-state index in [2.05, 4.69) is 5.32 Å². The Kier molecular flexibility index (Phi) is 7.13. The quantitative estimate of drug-likeness (QED) is 0.356. The lowest BCUT2D eigenvalue weighted by Crippen LogP contribution is -2.24. The van der Waals surface area contributed by atoms with Crippen LogP contribution in [0, 0.1) is 10.1 Å². The van der Waals surface area contributed by atoms with Crippen LogP contribution in [0.15, 0.2) is 30.3 Å². The van der Waals surface area contributed by atoms with Gasteiger partial charge in [-0.05, 0) is 36.6 Å². The highest BCUT2D eigenvalue weighted by Crippen LogP contribution is 2.27. The summed E-state index contributed by atoms with van der Waals surface area (Å²) in [5.41, 5.74) is 0.814. The Hall–Kier alpha value is -1.82. The summed E-state index contributed by atoms with van der Waals surface area (Å²) in [6, 6.07) is 6.11. The van der Waals surface area contributed by atoms with Crippen molar-refractivity contribution in [2.45, 2.75) is 37.4 Å². The molecule has 6 heteroatoms. The zero-order chi connectivity index (χ0) is 16.5. The van der Waals surface area contributed by atoms with E-state index >= 15 is 0 Å². The molecule has 1 aromatic rings. The van der Waals surface area contributed by atoms with Crippen LogP contribution in [0.1, 0.15) is 37.7 Å². The molecule has 1 saturated carbocycles. The molecule has 5 nitrogen and oxygen atoms in total. The first kappa shape index (κ1) is 17.5. The molecule has 1 aliphatic rings. The van der Waals surface area contributed by atoms with Crippen molar-refractivity contribution in [3.05, 3.63) is 46.0 Å². The number of nitro benzene ring substituents is 1. The van der Waals surface area contributed by atoms with Gasteiger partial charge in [-0.25, -0.2) is 0 Å². The predicted molar refractivity (Wildman–Crippen MR) is 94.5 cm³/mol. The fourth-order valence-electron chi connectivity index (χ4n) is 2.57. The van der Waals surface area contributed by atoms with Gasteiger partial charge in [-0.2, -0.15) is 11.8 Å². The van der Waals surface area contributed by atoms with Crippen LogP contribution >= 0.6 is 11.8 Å². The van der Waals surface area contributed by atoms with Crippen LogP contribution in [0.5, 0.6) is 0 Å². The Morgan fingerprint density at radius 1 is 1.26 bits per heavy atom. The first-order valence-electron chi connectivity index (χ1n) is 7.97. The van der Waals surface area contributed by atoms with Gasteiger partial charge in [0.05, 0.1) is 4.92 Å². The first-order chi connectivity index (χ1) is 11.1. The number of rotatable bonds is 7. The number of hydrogen-bond acceptors (Lipinski definition) is 4. The van der Waals surface area contributed by atoms with Gasteiger partial charge in [-0.3, -0.25) is 14.9 Å². The fraction of sp³-hybridized carbons (Fsp3) is 0.471. The smallest absolute Gasteiger partial charge is 0.269 e. The van der Waals surface area contributed by atoms with Crippen LogP contribution in [-0.4, -0.2) is 28.4 Å². The molecule has 1 fully saturated rings. The van der Waals surface area contributed by atoms with Gasteiger partial charge in [-0.15, -0.1) is 0 Å². The third-order valence-corrected chi connectivity index (χ3v) is 5.22. The van der Waals surface area contributed by atoms with Gasteiger partial charge < -0.3 is 5.32 Å². The molecule has 0 radical (unpaired) electrons. The number of hydrogen-bond donors (Lipinski definition) is 1. The van der Waals surface area contributed by atoms with Crippen molar-refractivity contribution in [1.29, 1.82) is 0 Å². The van der Waals surface area contributed by atoms with Crippen molar-refractivity contribution in [1.82, 2.24) is 5.32 Å². The van der Waals surface area contributed by atoms with Gasteiger partial charge in [0.1, 0.15) is 0 Å². The van der Waals surface area contributed by atoms with E-state index in [1.807, 2.05) is 11.8 Å². The molecular weight excluding hydrogens is 312 g/mol. The summed E-state index contributed by atoms with van der Waals surface area (Å²) in [6.07, 6.45) is 9.77. The zero-order valence-electron chi connectivity index (χ0n) is 13.1. The van der Waals surface area contributed by atoms with E-state index in [0.29, 0.717) is 6.54 Å². The molecule has 1 aromatic carbocycles.